The van der Waals surface area contributed by atoms with E-state index < -0.39 is 0 Å². The molecule has 7 heteroatoms. The summed E-state index contributed by atoms with van der Waals surface area (Å²) in [6.07, 6.45) is 11.1. The van der Waals surface area contributed by atoms with Gasteiger partial charge in [0.2, 0.25) is 17.8 Å². The number of likely N-dealkylation sites (N-methyl/N-ethyl adjacent to an activating group) is 1. The van der Waals surface area contributed by atoms with E-state index in [2.05, 4.69) is 16.8 Å². The topological polar surface area (TPSA) is 69.6 Å². The van der Waals surface area contributed by atoms with Gasteiger partial charge in [0.25, 0.3) is 0 Å². The Morgan fingerprint density at radius 1 is 1.06 bits per heavy atom. The van der Waals surface area contributed by atoms with Gasteiger partial charge in [0.1, 0.15) is 0 Å². The summed E-state index contributed by atoms with van der Waals surface area (Å²) < 4.78 is 0. The van der Waals surface area contributed by atoms with Crippen molar-refractivity contribution in [3.63, 3.8) is 0 Å². The van der Waals surface area contributed by atoms with E-state index in [1.807, 2.05) is 11.1 Å². The molecule has 0 aromatic carbocycles. The summed E-state index contributed by atoms with van der Waals surface area (Å²) in [7, 11) is 1.77. The molecule has 0 unspecified atom stereocenters. The van der Waals surface area contributed by atoms with Crippen LogP contribution in [0.4, 0.5) is 5.95 Å². The zero-order valence-corrected chi connectivity index (χ0v) is 19.2. The molecule has 170 valence electrons. The number of carbonyl (C=O) groups excluding carboxylic acids is 2. The molecule has 1 atom stereocenters. The standard InChI is InChI=1S/C24H37N5O2/c1-18-9-13-29(14-10-18)24-25-16-20-15-19(7-8-21(20)26-24)23(31)27(2)17-22(30)28-11-5-3-4-6-12-28/h16,18-19H,3-15,17H2,1-2H3/t19-/m0/s1. The summed E-state index contributed by atoms with van der Waals surface area (Å²) in [6, 6.07) is 0. The summed E-state index contributed by atoms with van der Waals surface area (Å²) in [6.45, 7) is 6.19. The second-order valence-electron chi connectivity index (χ2n) is 9.74. The highest BCUT2D eigenvalue weighted by Gasteiger charge is 2.30. The van der Waals surface area contributed by atoms with Gasteiger partial charge < -0.3 is 14.7 Å². The Bertz CT molecular complexity index is 782. The fourth-order valence-corrected chi connectivity index (χ4v) is 5.08. The van der Waals surface area contributed by atoms with Gasteiger partial charge in [-0.15, -0.1) is 0 Å². The molecule has 3 aliphatic rings. The highest BCUT2D eigenvalue weighted by Crippen LogP contribution is 2.28. The van der Waals surface area contributed by atoms with Gasteiger partial charge in [-0.05, 0) is 56.4 Å². The van der Waals surface area contributed by atoms with Gasteiger partial charge in [-0.1, -0.05) is 19.8 Å². The molecule has 1 aromatic heterocycles. The zero-order chi connectivity index (χ0) is 21.8. The zero-order valence-electron chi connectivity index (χ0n) is 19.2. The number of piperidine rings is 1. The lowest BCUT2D eigenvalue weighted by Gasteiger charge is -2.32. The molecule has 1 aromatic rings. The SMILES string of the molecule is CC1CCN(c2ncc3c(n2)CC[C@H](C(=O)N(C)CC(=O)N2CCCCCC2)C3)CC1. The van der Waals surface area contributed by atoms with Crippen LogP contribution in [-0.2, 0) is 22.4 Å². The molecule has 2 saturated heterocycles. The predicted molar refractivity (Wildman–Crippen MR) is 121 cm³/mol. The Morgan fingerprint density at radius 3 is 2.48 bits per heavy atom. The number of anilines is 1. The Morgan fingerprint density at radius 2 is 1.77 bits per heavy atom. The number of amides is 2. The van der Waals surface area contributed by atoms with Crippen molar-refractivity contribution in [2.24, 2.45) is 11.8 Å². The average Bonchev–Trinajstić information content (AvgIpc) is 3.08. The van der Waals surface area contributed by atoms with Crippen LogP contribution in [0.3, 0.4) is 0 Å². The van der Waals surface area contributed by atoms with E-state index in [4.69, 9.17) is 4.98 Å². The van der Waals surface area contributed by atoms with Gasteiger partial charge in [0.05, 0.1) is 6.54 Å². The highest BCUT2D eigenvalue weighted by atomic mass is 16.2. The minimum absolute atomic E-state index is 0.0721. The molecule has 31 heavy (non-hydrogen) atoms. The molecule has 2 fully saturated rings. The Hall–Kier alpha value is -2.18. The maximum Gasteiger partial charge on any atom is 0.242 e. The van der Waals surface area contributed by atoms with E-state index >= 15 is 0 Å². The molecule has 0 saturated carbocycles. The first-order chi connectivity index (χ1) is 15.0. The van der Waals surface area contributed by atoms with Gasteiger partial charge in [0.15, 0.2) is 0 Å². The molecule has 7 nitrogen and oxygen atoms in total. The Kier molecular flexibility index (Phi) is 7.08. The predicted octanol–water partition coefficient (Wildman–Crippen LogP) is 2.68. The van der Waals surface area contributed by atoms with Crippen molar-refractivity contribution in [2.45, 2.75) is 64.7 Å². The maximum absolute atomic E-state index is 13.0. The van der Waals surface area contributed by atoms with Crippen LogP contribution in [0.25, 0.3) is 0 Å². The third kappa shape index (κ3) is 5.36. The fraction of sp³-hybridized carbons (Fsp3) is 0.750. The van der Waals surface area contributed by atoms with Crippen LogP contribution in [0.2, 0.25) is 0 Å². The molecular weight excluding hydrogens is 390 g/mol. The quantitative estimate of drug-likeness (QED) is 0.739. The van der Waals surface area contributed by atoms with Gasteiger partial charge in [-0.2, -0.15) is 0 Å². The second-order valence-corrected chi connectivity index (χ2v) is 9.74. The minimum Gasteiger partial charge on any atom is -0.341 e. The monoisotopic (exact) mass is 427 g/mol. The number of fused-ring (bicyclic) bond motifs is 1. The van der Waals surface area contributed by atoms with Gasteiger partial charge >= 0.3 is 0 Å². The van der Waals surface area contributed by atoms with Crippen LogP contribution in [0.5, 0.6) is 0 Å². The fourth-order valence-electron chi connectivity index (χ4n) is 5.08. The van der Waals surface area contributed by atoms with Crippen LogP contribution < -0.4 is 4.90 Å². The van der Waals surface area contributed by atoms with Crippen LogP contribution in [-0.4, -0.2) is 71.4 Å². The molecule has 0 bridgehead atoms. The highest BCUT2D eigenvalue weighted by molar-refractivity contribution is 5.86. The number of nitrogens with zero attached hydrogens (tertiary/aromatic N) is 5. The number of rotatable bonds is 4. The van der Waals surface area contributed by atoms with Gasteiger partial charge in [-0.25, -0.2) is 9.97 Å². The van der Waals surface area contributed by atoms with E-state index in [0.29, 0.717) is 6.42 Å². The first-order valence-corrected chi connectivity index (χ1v) is 12.1. The van der Waals surface area contributed by atoms with E-state index in [0.717, 1.165) is 75.0 Å². The first kappa shape index (κ1) is 22.0. The van der Waals surface area contributed by atoms with Gasteiger partial charge in [0, 0.05) is 51.0 Å². The molecular formula is C24H37N5O2. The van der Waals surface area contributed by atoms with E-state index in [1.165, 1.54) is 25.7 Å². The molecule has 0 N–H and O–H groups in total. The van der Waals surface area contributed by atoms with Crippen molar-refractivity contribution < 1.29 is 9.59 Å². The number of aromatic nitrogens is 2. The van der Waals surface area contributed by atoms with Crippen molar-refractivity contribution in [3.8, 4) is 0 Å². The van der Waals surface area contributed by atoms with Crippen molar-refractivity contribution in [2.75, 3.05) is 44.7 Å². The summed E-state index contributed by atoms with van der Waals surface area (Å²) in [5, 5.41) is 0. The lowest BCUT2D eigenvalue weighted by Crippen LogP contribution is -2.44. The molecule has 0 spiro atoms. The van der Waals surface area contributed by atoms with Gasteiger partial charge in [-0.3, -0.25) is 9.59 Å². The third-order valence-corrected chi connectivity index (χ3v) is 7.26. The number of carbonyl (C=O) groups is 2. The normalized spacial score (nSPS) is 22.6. The van der Waals surface area contributed by atoms with E-state index in [9.17, 15) is 9.59 Å². The minimum atomic E-state index is -0.0836. The largest absolute Gasteiger partial charge is 0.341 e. The van der Waals surface area contributed by atoms with Crippen molar-refractivity contribution in [1.82, 2.24) is 19.8 Å². The first-order valence-electron chi connectivity index (χ1n) is 12.1. The second kappa shape index (κ2) is 9.96. The van der Waals surface area contributed by atoms with Crippen LogP contribution in [0.15, 0.2) is 6.20 Å². The Labute approximate surface area is 186 Å². The lowest BCUT2D eigenvalue weighted by atomic mass is 9.86. The van der Waals surface area contributed by atoms with E-state index in [-0.39, 0.29) is 24.3 Å². The van der Waals surface area contributed by atoms with Crippen molar-refractivity contribution in [1.29, 1.82) is 0 Å². The molecule has 2 amide bonds. The number of likely N-dealkylation sites (tertiary alicyclic amines) is 1. The summed E-state index contributed by atoms with van der Waals surface area (Å²) >= 11 is 0. The molecule has 0 radical (unpaired) electrons. The summed E-state index contributed by atoms with van der Waals surface area (Å²) in [4.78, 5) is 41.0. The molecule has 1 aliphatic carbocycles. The average molecular weight is 428 g/mol. The van der Waals surface area contributed by atoms with Crippen molar-refractivity contribution >= 4 is 17.8 Å². The Balaban J connectivity index is 1.33. The number of hydrogen-bond acceptors (Lipinski definition) is 5. The molecule has 2 aliphatic heterocycles. The van der Waals surface area contributed by atoms with Crippen LogP contribution in [0.1, 0.15) is 63.1 Å². The molecule has 3 heterocycles. The van der Waals surface area contributed by atoms with E-state index in [1.54, 1.807) is 11.9 Å². The van der Waals surface area contributed by atoms with Crippen LogP contribution >= 0.6 is 0 Å². The summed E-state index contributed by atoms with van der Waals surface area (Å²) in [5.74, 6) is 1.69. The molecule has 4 rings (SSSR count). The maximum atomic E-state index is 13.0. The smallest absolute Gasteiger partial charge is 0.242 e. The van der Waals surface area contributed by atoms with Crippen LogP contribution in [0, 0.1) is 11.8 Å². The number of hydrogen-bond donors (Lipinski definition) is 0. The lowest BCUT2D eigenvalue weighted by molar-refractivity contribution is -0.141. The van der Waals surface area contributed by atoms with Crippen molar-refractivity contribution in [3.05, 3.63) is 17.5 Å². The number of aryl methyl sites for hydroxylation is 1. The summed E-state index contributed by atoms with van der Waals surface area (Å²) in [5.41, 5.74) is 2.18. The third-order valence-electron chi connectivity index (χ3n) is 7.26.